The summed E-state index contributed by atoms with van der Waals surface area (Å²) in [4.78, 5) is 13.3. The van der Waals surface area contributed by atoms with Gasteiger partial charge >= 0.3 is 6.18 Å². The van der Waals surface area contributed by atoms with E-state index in [1.165, 1.54) is 24.3 Å². The van der Waals surface area contributed by atoms with Gasteiger partial charge in [-0.1, -0.05) is 12.1 Å². The predicted molar refractivity (Wildman–Crippen MR) is 57.5 cm³/mol. The van der Waals surface area contributed by atoms with Gasteiger partial charge in [0.05, 0.1) is 11.3 Å². The molecule has 0 fully saturated rings. The van der Waals surface area contributed by atoms with Gasteiger partial charge in [0.15, 0.2) is 0 Å². The van der Waals surface area contributed by atoms with Gasteiger partial charge in [0.1, 0.15) is 5.82 Å². The van der Waals surface area contributed by atoms with Crippen molar-refractivity contribution in [1.29, 1.82) is 0 Å². The van der Waals surface area contributed by atoms with Gasteiger partial charge in [-0.2, -0.15) is 13.2 Å². The molecule has 1 N–H and O–H groups in total. The first-order valence-corrected chi connectivity index (χ1v) is 4.95. The lowest BCUT2D eigenvalue weighted by atomic mass is 10.1. The quantitative estimate of drug-likeness (QED) is 0.782. The highest BCUT2D eigenvalue weighted by Gasteiger charge is 2.34. The van der Waals surface area contributed by atoms with E-state index in [1.807, 2.05) is 0 Å². The van der Waals surface area contributed by atoms with Crippen molar-refractivity contribution >= 4 is 0 Å². The van der Waals surface area contributed by atoms with Crippen LogP contribution in [0.2, 0.25) is 0 Å². The summed E-state index contributed by atoms with van der Waals surface area (Å²) < 4.78 is 51.3. The molecule has 1 heterocycles. The zero-order chi connectivity index (χ0) is 13.3. The van der Waals surface area contributed by atoms with E-state index in [2.05, 4.69) is 4.98 Å². The fourth-order valence-electron chi connectivity index (χ4n) is 1.56. The van der Waals surface area contributed by atoms with Crippen LogP contribution in [0.5, 0.6) is 0 Å². The summed E-state index contributed by atoms with van der Waals surface area (Å²) in [5.74, 6) is -1.40. The topological polar surface area (TPSA) is 32.9 Å². The second-order valence-corrected chi connectivity index (χ2v) is 3.59. The fourth-order valence-corrected chi connectivity index (χ4v) is 1.56. The Kier molecular flexibility index (Phi) is 2.94. The zero-order valence-electron chi connectivity index (χ0n) is 8.88. The van der Waals surface area contributed by atoms with Crippen molar-refractivity contribution in [2.24, 2.45) is 0 Å². The Hall–Kier alpha value is -2.11. The average Bonchev–Trinajstić information content (AvgIpc) is 2.27. The van der Waals surface area contributed by atoms with Gasteiger partial charge in [-0.25, -0.2) is 4.39 Å². The van der Waals surface area contributed by atoms with E-state index < -0.39 is 23.1 Å². The maximum absolute atomic E-state index is 13.7. The first-order chi connectivity index (χ1) is 8.39. The second kappa shape index (κ2) is 4.29. The molecular formula is C12H7F4NO. The molecule has 0 bridgehead atoms. The van der Waals surface area contributed by atoms with Gasteiger partial charge in [0.2, 0.25) is 5.56 Å². The summed E-state index contributed by atoms with van der Waals surface area (Å²) in [7, 11) is 0. The van der Waals surface area contributed by atoms with Gasteiger partial charge in [-0.3, -0.25) is 4.79 Å². The van der Waals surface area contributed by atoms with Gasteiger partial charge < -0.3 is 4.98 Å². The molecule has 18 heavy (non-hydrogen) atoms. The number of hydrogen-bond acceptors (Lipinski definition) is 1. The third-order valence-corrected chi connectivity index (χ3v) is 2.36. The minimum absolute atomic E-state index is 0.00565. The standard InChI is InChI=1S/C12H7F4NO/c13-11-7(9-5-2-6-10(18)17-9)3-1-4-8(11)12(14,15)16/h1-6H,(H,17,18). The molecule has 1 aromatic heterocycles. The van der Waals surface area contributed by atoms with Gasteiger partial charge in [-0.05, 0) is 18.2 Å². The Bertz CT molecular complexity index is 630. The Balaban J connectivity index is 2.64. The highest BCUT2D eigenvalue weighted by molar-refractivity contribution is 5.61. The van der Waals surface area contributed by atoms with E-state index >= 15 is 0 Å². The largest absolute Gasteiger partial charge is 0.419 e. The Morgan fingerprint density at radius 1 is 1.00 bits per heavy atom. The molecular weight excluding hydrogens is 250 g/mol. The van der Waals surface area contributed by atoms with Crippen LogP contribution in [0.4, 0.5) is 17.6 Å². The van der Waals surface area contributed by atoms with Crippen LogP contribution in [-0.2, 0) is 6.18 Å². The molecule has 0 atom stereocenters. The van der Waals surface area contributed by atoms with Crippen LogP contribution >= 0.6 is 0 Å². The van der Waals surface area contributed by atoms with Crippen LogP contribution in [0.1, 0.15) is 5.56 Å². The number of pyridine rings is 1. The van der Waals surface area contributed by atoms with Crippen LogP contribution in [-0.4, -0.2) is 4.98 Å². The van der Waals surface area contributed by atoms with Gasteiger partial charge in [0.25, 0.3) is 0 Å². The smallest absolute Gasteiger partial charge is 0.322 e. The summed E-state index contributed by atoms with van der Waals surface area (Å²) in [5.41, 5.74) is -2.15. The molecule has 0 aliphatic rings. The van der Waals surface area contributed by atoms with E-state index in [0.29, 0.717) is 6.07 Å². The number of H-pyrrole nitrogens is 1. The number of aromatic nitrogens is 1. The number of hydrogen-bond donors (Lipinski definition) is 1. The molecule has 0 unspecified atom stereocenters. The monoisotopic (exact) mass is 257 g/mol. The first-order valence-electron chi connectivity index (χ1n) is 4.95. The van der Waals surface area contributed by atoms with E-state index in [4.69, 9.17) is 0 Å². The first kappa shape index (κ1) is 12.3. The Morgan fingerprint density at radius 3 is 2.28 bits per heavy atom. The van der Waals surface area contributed by atoms with Crippen molar-refractivity contribution in [2.45, 2.75) is 6.18 Å². The molecule has 1 aromatic carbocycles. The third-order valence-electron chi connectivity index (χ3n) is 2.36. The zero-order valence-corrected chi connectivity index (χ0v) is 8.88. The lowest BCUT2D eigenvalue weighted by Gasteiger charge is -2.10. The Morgan fingerprint density at radius 2 is 1.67 bits per heavy atom. The lowest BCUT2D eigenvalue weighted by Crippen LogP contribution is -2.10. The van der Waals surface area contributed by atoms with E-state index in [-0.39, 0.29) is 11.3 Å². The highest BCUT2D eigenvalue weighted by atomic mass is 19.4. The van der Waals surface area contributed by atoms with E-state index in [1.54, 1.807) is 0 Å². The van der Waals surface area contributed by atoms with Crippen molar-refractivity contribution in [2.75, 3.05) is 0 Å². The minimum Gasteiger partial charge on any atom is -0.322 e. The molecule has 2 rings (SSSR count). The van der Waals surface area contributed by atoms with Crippen molar-refractivity contribution in [3.05, 3.63) is 58.1 Å². The van der Waals surface area contributed by atoms with Crippen LogP contribution in [0.15, 0.2) is 41.2 Å². The van der Waals surface area contributed by atoms with Crippen molar-refractivity contribution < 1.29 is 17.6 Å². The molecule has 2 aromatic rings. The predicted octanol–water partition coefficient (Wildman–Crippen LogP) is 3.20. The third kappa shape index (κ3) is 2.27. The molecule has 0 spiro atoms. The average molecular weight is 257 g/mol. The molecule has 94 valence electrons. The second-order valence-electron chi connectivity index (χ2n) is 3.59. The molecule has 0 amide bonds. The SMILES string of the molecule is O=c1cccc(-c2cccc(C(F)(F)F)c2F)[nH]1. The molecule has 2 nitrogen and oxygen atoms in total. The lowest BCUT2D eigenvalue weighted by molar-refractivity contribution is -0.139. The van der Waals surface area contributed by atoms with Crippen molar-refractivity contribution in [3.63, 3.8) is 0 Å². The van der Waals surface area contributed by atoms with Gasteiger partial charge in [0, 0.05) is 11.6 Å². The number of halogens is 4. The molecule has 0 aliphatic heterocycles. The number of nitrogens with one attached hydrogen (secondary N) is 1. The van der Waals surface area contributed by atoms with Crippen LogP contribution in [0.25, 0.3) is 11.3 Å². The molecule has 0 aliphatic carbocycles. The Labute approximate surface area is 98.9 Å². The van der Waals surface area contributed by atoms with Crippen LogP contribution in [0, 0.1) is 5.82 Å². The number of aromatic amines is 1. The summed E-state index contributed by atoms with van der Waals surface area (Å²) in [5, 5.41) is 0. The summed E-state index contributed by atoms with van der Waals surface area (Å²) in [6.45, 7) is 0. The van der Waals surface area contributed by atoms with Crippen LogP contribution < -0.4 is 5.56 Å². The maximum Gasteiger partial charge on any atom is 0.419 e. The van der Waals surface area contributed by atoms with Crippen LogP contribution in [0.3, 0.4) is 0 Å². The minimum atomic E-state index is -4.77. The molecule has 0 radical (unpaired) electrons. The number of benzene rings is 1. The molecule has 0 saturated heterocycles. The summed E-state index contributed by atoms with van der Waals surface area (Å²) in [6.07, 6.45) is -4.77. The molecule has 6 heteroatoms. The van der Waals surface area contributed by atoms with Crippen molar-refractivity contribution in [1.82, 2.24) is 4.98 Å². The normalized spacial score (nSPS) is 11.6. The number of alkyl halides is 3. The molecule has 0 saturated carbocycles. The fraction of sp³-hybridized carbons (Fsp3) is 0.0833. The van der Waals surface area contributed by atoms with Crippen molar-refractivity contribution in [3.8, 4) is 11.3 Å². The van der Waals surface area contributed by atoms with Gasteiger partial charge in [-0.15, -0.1) is 0 Å². The number of rotatable bonds is 1. The highest BCUT2D eigenvalue weighted by Crippen LogP contribution is 2.34. The maximum atomic E-state index is 13.7. The van der Waals surface area contributed by atoms with E-state index in [9.17, 15) is 22.4 Å². The summed E-state index contributed by atoms with van der Waals surface area (Å²) in [6, 6.07) is 6.78. The van der Waals surface area contributed by atoms with E-state index in [0.717, 1.165) is 6.07 Å². The summed E-state index contributed by atoms with van der Waals surface area (Å²) >= 11 is 0.